The Labute approximate surface area is 113 Å². The molecule has 2 nitrogen and oxygen atoms in total. The molecule has 0 aliphatic carbocycles. The third kappa shape index (κ3) is 5.37. The zero-order valence-electron chi connectivity index (χ0n) is 9.67. The normalized spacial score (nSPS) is 11.5. The zero-order chi connectivity index (χ0) is 12.2. The van der Waals surface area contributed by atoms with Crippen LogP contribution in [-0.2, 0) is 11.3 Å². The van der Waals surface area contributed by atoms with E-state index >= 15 is 0 Å². The standard InChI is InChI=1S/C11H16BrNOS2/c1-11(2,3)16-7-10(14)13-6-9-8(12)4-5-15-9/h4-5H,6-7H2,1-3H3,(H,13,14). The quantitative estimate of drug-likeness (QED) is 0.917. The van der Waals surface area contributed by atoms with E-state index in [1.807, 2.05) is 11.4 Å². The lowest BCUT2D eigenvalue weighted by atomic mass is 10.3. The Hall–Kier alpha value is -0.000000000000000111. The molecule has 0 atom stereocenters. The average molecular weight is 322 g/mol. The van der Waals surface area contributed by atoms with Gasteiger partial charge in [-0.25, -0.2) is 0 Å². The topological polar surface area (TPSA) is 29.1 Å². The molecule has 0 saturated heterocycles. The number of halogens is 1. The molecular formula is C11H16BrNOS2. The monoisotopic (exact) mass is 321 g/mol. The largest absolute Gasteiger partial charge is 0.350 e. The van der Waals surface area contributed by atoms with Crippen LogP contribution in [0.3, 0.4) is 0 Å². The summed E-state index contributed by atoms with van der Waals surface area (Å²) < 4.78 is 1.21. The number of hydrogen-bond acceptors (Lipinski definition) is 3. The van der Waals surface area contributed by atoms with E-state index in [0.29, 0.717) is 12.3 Å². The number of carbonyl (C=O) groups excluding carboxylic acids is 1. The van der Waals surface area contributed by atoms with Crippen LogP contribution in [0.5, 0.6) is 0 Å². The number of thioether (sulfide) groups is 1. The molecule has 1 amide bonds. The van der Waals surface area contributed by atoms with Crippen molar-refractivity contribution < 1.29 is 4.79 Å². The fourth-order valence-corrected chi connectivity index (χ4v) is 3.06. The van der Waals surface area contributed by atoms with E-state index < -0.39 is 0 Å². The average Bonchev–Trinajstić information content (AvgIpc) is 2.57. The Bertz CT molecular complexity index is 357. The SMILES string of the molecule is CC(C)(C)SCC(=O)NCc1sccc1Br. The van der Waals surface area contributed by atoms with Gasteiger partial charge in [0.1, 0.15) is 0 Å². The first kappa shape index (κ1) is 14.1. The summed E-state index contributed by atoms with van der Waals surface area (Å²) in [7, 11) is 0. The minimum absolute atomic E-state index is 0.0974. The van der Waals surface area contributed by atoms with Gasteiger partial charge >= 0.3 is 0 Å². The van der Waals surface area contributed by atoms with Crippen molar-refractivity contribution in [2.45, 2.75) is 32.1 Å². The van der Waals surface area contributed by atoms with E-state index in [4.69, 9.17) is 0 Å². The molecule has 0 aliphatic rings. The van der Waals surface area contributed by atoms with Crippen LogP contribution in [0.1, 0.15) is 25.6 Å². The summed E-state index contributed by atoms with van der Waals surface area (Å²) >= 11 is 6.75. The van der Waals surface area contributed by atoms with Gasteiger partial charge < -0.3 is 5.32 Å². The summed E-state index contributed by atoms with van der Waals surface area (Å²) in [6.45, 7) is 6.95. The van der Waals surface area contributed by atoms with Gasteiger partial charge in [0, 0.05) is 14.1 Å². The Balaban J connectivity index is 2.29. The van der Waals surface area contributed by atoms with Gasteiger partial charge in [-0.3, -0.25) is 4.79 Å². The molecule has 1 rings (SSSR count). The lowest BCUT2D eigenvalue weighted by molar-refractivity contribution is -0.118. The van der Waals surface area contributed by atoms with Crippen molar-refractivity contribution in [3.63, 3.8) is 0 Å². The molecule has 5 heteroatoms. The Morgan fingerprint density at radius 1 is 1.56 bits per heavy atom. The molecule has 0 fully saturated rings. The maximum atomic E-state index is 11.6. The summed E-state index contributed by atoms with van der Waals surface area (Å²) in [5.41, 5.74) is 0. The molecule has 0 aromatic carbocycles. The fourth-order valence-electron chi connectivity index (χ4n) is 0.963. The number of thiophene rings is 1. The predicted octanol–water partition coefficient (Wildman–Crippen LogP) is 3.66. The van der Waals surface area contributed by atoms with Crippen molar-refractivity contribution in [2.24, 2.45) is 0 Å². The third-order valence-electron chi connectivity index (χ3n) is 1.77. The highest BCUT2D eigenvalue weighted by molar-refractivity contribution is 9.10. The second-order valence-corrected chi connectivity index (χ2v) is 8.03. The van der Waals surface area contributed by atoms with Crippen LogP contribution < -0.4 is 5.32 Å². The number of rotatable bonds is 4. The smallest absolute Gasteiger partial charge is 0.230 e. The third-order valence-corrected chi connectivity index (χ3v) is 4.97. The number of amides is 1. The molecule has 16 heavy (non-hydrogen) atoms. The molecule has 90 valence electrons. The number of nitrogens with one attached hydrogen (secondary N) is 1. The molecule has 1 aromatic rings. The van der Waals surface area contributed by atoms with Crippen molar-refractivity contribution in [1.29, 1.82) is 0 Å². The van der Waals surface area contributed by atoms with E-state index in [-0.39, 0.29) is 10.7 Å². The molecular weight excluding hydrogens is 306 g/mol. The summed E-state index contributed by atoms with van der Waals surface area (Å²) in [6, 6.07) is 2.00. The fraction of sp³-hybridized carbons (Fsp3) is 0.545. The highest BCUT2D eigenvalue weighted by Crippen LogP contribution is 2.23. The van der Waals surface area contributed by atoms with Crippen molar-refractivity contribution in [3.05, 3.63) is 20.8 Å². The molecule has 0 radical (unpaired) electrons. The van der Waals surface area contributed by atoms with E-state index in [9.17, 15) is 4.79 Å². The van der Waals surface area contributed by atoms with E-state index in [1.54, 1.807) is 23.1 Å². The predicted molar refractivity (Wildman–Crippen MR) is 76.1 cm³/mol. The Morgan fingerprint density at radius 3 is 2.75 bits per heavy atom. The highest BCUT2D eigenvalue weighted by Gasteiger charge is 2.13. The summed E-state index contributed by atoms with van der Waals surface area (Å²) in [5, 5.41) is 4.93. The molecule has 0 aliphatic heterocycles. The molecule has 1 aromatic heterocycles. The molecule has 0 spiro atoms. The van der Waals surface area contributed by atoms with Gasteiger partial charge in [-0.2, -0.15) is 0 Å². The van der Waals surface area contributed by atoms with Crippen molar-refractivity contribution in [3.8, 4) is 0 Å². The lowest BCUT2D eigenvalue weighted by Gasteiger charge is -2.16. The van der Waals surface area contributed by atoms with Gasteiger partial charge in [0.15, 0.2) is 0 Å². The van der Waals surface area contributed by atoms with Crippen molar-refractivity contribution in [1.82, 2.24) is 5.32 Å². The van der Waals surface area contributed by atoms with Crippen LogP contribution in [0, 0.1) is 0 Å². The van der Waals surface area contributed by atoms with E-state index in [1.165, 1.54) is 0 Å². The summed E-state index contributed by atoms with van der Waals surface area (Å²) in [5.74, 6) is 0.618. The second kappa shape index (κ2) is 6.07. The summed E-state index contributed by atoms with van der Waals surface area (Å²) in [6.07, 6.45) is 0. The van der Waals surface area contributed by atoms with Crippen molar-refractivity contribution in [2.75, 3.05) is 5.75 Å². The first-order valence-electron chi connectivity index (χ1n) is 5.01. The van der Waals surface area contributed by atoms with Crippen LogP contribution in [0.4, 0.5) is 0 Å². The zero-order valence-corrected chi connectivity index (χ0v) is 12.9. The van der Waals surface area contributed by atoms with Gasteiger partial charge in [-0.1, -0.05) is 20.8 Å². The Kier molecular flexibility index (Phi) is 5.34. The highest BCUT2D eigenvalue weighted by atomic mass is 79.9. The van der Waals surface area contributed by atoms with Gasteiger partial charge in [0.2, 0.25) is 5.91 Å². The molecule has 0 bridgehead atoms. The Morgan fingerprint density at radius 2 is 2.25 bits per heavy atom. The maximum absolute atomic E-state index is 11.6. The van der Waals surface area contributed by atoms with Crippen LogP contribution in [0.15, 0.2) is 15.9 Å². The van der Waals surface area contributed by atoms with E-state index in [0.717, 1.165) is 9.35 Å². The second-order valence-electron chi connectivity index (χ2n) is 4.37. The van der Waals surface area contributed by atoms with Crippen LogP contribution >= 0.6 is 39.0 Å². The first-order chi connectivity index (χ1) is 7.38. The van der Waals surface area contributed by atoms with Crippen molar-refractivity contribution >= 4 is 44.9 Å². The lowest BCUT2D eigenvalue weighted by Crippen LogP contribution is -2.26. The summed E-state index contributed by atoms with van der Waals surface area (Å²) in [4.78, 5) is 12.7. The van der Waals surface area contributed by atoms with Crippen LogP contribution in [0.2, 0.25) is 0 Å². The first-order valence-corrected chi connectivity index (χ1v) is 7.67. The van der Waals surface area contributed by atoms with Gasteiger partial charge in [-0.15, -0.1) is 23.1 Å². The molecule has 0 unspecified atom stereocenters. The molecule has 1 N–H and O–H groups in total. The maximum Gasteiger partial charge on any atom is 0.230 e. The van der Waals surface area contributed by atoms with Crippen LogP contribution in [0.25, 0.3) is 0 Å². The molecule has 1 heterocycles. The number of carbonyl (C=O) groups is 1. The van der Waals surface area contributed by atoms with Gasteiger partial charge in [0.05, 0.1) is 12.3 Å². The van der Waals surface area contributed by atoms with Gasteiger partial charge in [-0.05, 0) is 27.4 Å². The minimum atomic E-state index is 0.0974. The molecule has 0 saturated carbocycles. The number of hydrogen-bond donors (Lipinski definition) is 1. The van der Waals surface area contributed by atoms with Gasteiger partial charge in [0.25, 0.3) is 0 Å². The van der Waals surface area contributed by atoms with E-state index in [2.05, 4.69) is 42.0 Å². The minimum Gasteiger partial charge on any atom is -0.350 e. The van der Waals surface area contributed by atoms with Crippen LogP contribution in [-0.4, -0.2) is 16.4 Å².